The molecule has 0 bridgehead atoms. The predicted octanol–water partition coefficient (Wildman–Crippen LogP) is 3.40. The molecule has 3 rings (SSSR count). The van der Waals surface area contributed by atoms with Crippen LogP contribution < -0.4 is 9.44 Å². The zero-order valence-electron chi connectivity index (χ0n) is 19.4. The summed E-state index contributed by atoms with van der Waals surface area (Å²) in [7, 11) is -7.72. The lowest BCUT2D eigenvalue weighted by atomic mass is 9.84. The first-order valence-corrected chi connectivity index (χ1v) is 14.5. The third-order valence-corrected chi connectivity index (χ3v) is 8.64. The first-order chi connectivity index (χ1) is 16.1. The quantitative estimate of drug-likeness (QED) is 0.363. The van der Waals surface area contributed by atoms with E-state index in [2.05, 4.69) is 9.44 Å². The molecule has 0 aliphatic heterocycles. The molecule has 0 heterocycles. The van der Waals surface area contributed by atoms with Gasteiger partial charge in [-0.3, -0.25) is 9.59 Å². The number of ketones is 2. The molecule has 0 atom stereocenters. The van der Waals surface area contributed by atoms with Gasteiger partial charge in [-0.15, -0.1) is 0 Å². The van der Waals surface area contributed by atoms with Gasteiger partial charge in [-0.05, 0) is 49.2 Å². The van der Waals surface area contributed by atoms with Gasteiger partial charge in [0.15, 0.2) is 11.6 Å². The van der Waals surface area contributed by atoms with Gasteiger partial charge in [0.25, 0.3) is 0 Å². The molecule has 0 fully saturated rings. The molecule has 34 heavy (non-hydrogen) atoms. The van der Waals surface area contributed by atoms with Crippen molar-refractivity contribution >= 4 is 31.6 Å². The summed E-state index contributed by atoms with van der Waals surface area (Å²) in [5, 5.41) is 0. The van der Waals surface area contributed by atoms with Crippen molar-refractivity contribution in [3.63, 3.8) is 0 Å². The molecule has 2 aromatic carbocycles. The van der Waals surface area contributed by atoms with Crippen molar-refractivity contribution in [2.45, 2.75) is 62.2 Å². The van der Waals surface area contributed by atoms with Gasteiger partial charge in [0, 0.05) is 35.3 Å². The Labute approximate surface area is 201 Å². The monoisotopic (exact) mass is 506 g/mol. The maximum absolute atomic E-state index is 13.2. The lowest BCUT2D eigenvalue weighted by molar-refractivity contribution is 0.0978. The summed E-state index contributed by atoms with van der Waals surface area (Å²) < 4.78 is 55.6. The van der Waals surface area contributed by atoms with Crippen molar-refractivity contribution in [3.05, 3.63) is 58.7 Å². The lowest BCUT2D eigenvalue weighted by Crippen LogP contribution is -2.27. The molecule has 1 aliphatic rings. The molecule has 0 amide bonds. The number of fused-ring (bicyclic) bond motifs is 2. The van der Waals surface area contributed by atoms with Gasteiger partial charge in [-0.1, -0.05) is 39.5 Å². The summed E-state index contributed by atoms with van der Waals surface area (Å²) in [5.41, 5.74) is 0.0743. The summed E-state index contributed by atoms with van der Waals surface area (Å²) >= 11 is 0. The number of sulfonamides is 2. The number of hydrogen-bond donors (Lipinski definition) is 2. The Balaban J connectivity index is 1.91. The van der Waals surface area contributed by atoms with E-state index in [1.165, 1.54) is 36.4 Å². The maximum atomic E-state index is 13.2. The van der Waals surface area contributed by atoms with Crippen LogP contribution in [0.4, 0.5) is 0 Å². The fourth-order valence-corrected chi connectivity index (χ4v) is 5.97. The highest BCUT2D eigenvalue weighted by Gasteiger charge is 2.32. The smallest absolute Gasteiger partial charge is 0.240 e. The Bertz CT molecular complexity index is 1200. The molecular formula is C24H30N2O6S2. The first-order valence-electron chi connectivity index (χ1n) is 11.5. The van der Waals surface area contributed by atoms with Crippen LogP contribution in [0.5, 0.6) is 0 Å². The van der Waals surface area contributed by atoms with Gasteiger partial charge in [0.05, 0.1) is 9.79 Å². The summed E-state index contributed by atoms with van der Waals surface area (Å²) in [6, 6.07) is 7.64. The number of unbranched alkanes of at least 4 members (excludes halogenated alkanes) is 4. The van der Waals surface area contributed by atoms with E-state index < -0.39 is 31.6 Å². The predicted molar refractivity (Wildman–Crippen MR) is 129 cm³/mol. The van der Waals surface area contributed by atoms with Crippen LogP contribution in [0.1, 0.15) is 84.2 Å². The second-order valence-electron chi connectivity index (χ2n) is 8.28. The van der Waals surface area contributed by atoms with E-state index in [-0.39, 0.29) is 45.1 Å². The molecule has 2 N–H and O–H groups in total. The van der Waals surface area contributed by atoms with Gasteiger partial charge in [-0.25, -0.2) is 26.3 Å². The van der Waals surface area contributed by atoms with E-state index in [9.17, 15) is 26.4 Å². The Kier molecular flexibility index (Phi) is 8.40. The van der Waals surface area contributed by atoms with Crippen LogP contribution in [0.25, 0.3) is 0 Å². The van der Waals surface area contributed by atoms with Crippen molar-refractivity contribution in [1.29, 1.82) is 0 Å². The van der Waals surface area contributed by atoms with Gasteiger partial charge < -0.3 is 0 Å². The van der Waals surface area contributed by atoms with Crippen LogP contribution in [-0.2, 0) is 20.0 Å². The molecule has 0 unspecified atom stereocenters. The van der Waals surface area contributed by atoms with Crippen molar-refractivity contribution in [1.82, 2.24) is 9.44 Å². The highest BCUT2D eigenvalue weighted by atomic mass is 32.2. The van der Waals surface area contributed by atoms with Gasteiger partial charge in [-0.2, -0.15) is 0 Å². The van der Waals surface area contributed by atoms with Crippen LogP contribution in [0.3, 0.4) is 0 Å². The van der Waals surface area contributed by atoms with Crippen LogP contribution in [0.2, 0.25) is 0 Å². The normalized spacial score (nSPS) is 13.6. The number of carbonyl (C=O) groups is 2. The SMILES string of the molecule is CCCCCNS(=O)(=O)c1ccc2c(c1)C(=O)c1cc(S(=O)(=O)NCCCCC)ccc1C2=O. The van der Waals surface area contributed by atoms with E-state index in [4.69, 9.17) is 0 Å². The van der Waals surface area contributed by atoms with E-state index in [1.807, 2.05) is 13.8 Å². The number of hydrogen-bond acceptors (Lipinski definition) is 6. The Hall–Kier alpha value is -2.40. The molecule has 2 aromatic rings. The molecular weight excluding hydrogens is 476 g/mol. The fourth-order valence-electron chi connectivity index (χ4n) is 3.77. The van der Waals surface area contributed by atoms with Gasteiger partial charge in [0.1, 0.15) is 0 Å². The molecule has 0 spiro atoms. The van der Waals surface area contributed by atoms with Crippen LogP contribution in [0, 0.1) is 0 Å². The molecule has 8 nitrogen and oxygen atoms in total. The van der Waals surface area contributed by atoms with Crippen molar-refractivity contribution < 1.29 is 26.4 Å². The number of rotatable bonds is 12. The number of carbonyl (C=O) groups excluding carboxylic acids is 2. The largest absolute Gasteiger partial charge is 0.289 e. The summed E-state index contributed by atoms with van der Waals surface area (Å²) in [6.07, 6.45) is 5.04. The van der Waals surface area contributed by atoms with Crippen LogP contribution in [0.15, 0.2) is 46.2 Å². The summed E-state index contributed by atoms with van der Waals surface area (Å²) in [4.78, 5) is 26.0. The molecule has 1 aliphatic carbocycles. The van der Waals surface area contributed by atoms with Crippen molar-refractivity contribution in [2.75, 3.05) is 13.1 Å². The Morgan fingerprint density at radius 2 is 0.971 bits per heavy atom. The average molecular weight is 507 g/mol. The molecule has 0 saturated heterocycles. The second-order valence-corrected chi connectivity index (χ2v) is 11.8. The van der Waals surface area contributed by atoms with Crippen LogP contribution >= 0.6 is 0 Å². The Morgan fingerprint density at radius 1 is 0.588 bits per heavy atom. The zero-order valence-corrected chi connectivity index (χ0v) is 21.0. The lowest BCUT2D eigenvalue weighted by Gasteiger charge is -2.19. The molecule has 10 heteroatoms. The van der Waals surface area contributed by atoms with Crippen molar-refractivity contribution in [3.8, 4) is 0 Å². The minimum Gasteiger partial charge on any atom is -0.289 e. The minimum absolute atomic E-state index is 0.0561. The topological polar surface area (TPSA) is 126 Å². The molecule has 184 valence electrons. The molecule has 0 aromatic heterocycles. The number of benzene rings is 2. The standard InChI is InChI=1S/C24H30N2O6S2/c1-3-5-7-13-25-33(29,30)17-9-11-19-21(15-17)24(28)22-16-18(10-12-20(22)23(19)27)34(31,32)26-14-8-6-4-2/h9-12,15-16,25-26H,3-8,13-14H2,1-2H3. The summed E-state index contributed by atoms with van der Waals surface area (Å²) in [6.45, 7) is 4.57. The first kappa shape index (κ1) is 26.2. The molecule has 0 radical (unpaired) electrons. The fraction of sp³-hybridized carbons (Fsp3) is 0.417. The molecule has 0 saturated carbocycles. The third-order valence-electron chi connectivity index (χ3n) is 5.73. The average Bonchev–Trinajstić information content (AvgIpc) is 2.82. The van der Waals surface area contributed by atoms with Crippen LogP contribution in [-0.4, -0.2) is 41.5 Å². The van der Waals surface area contributed by atoms with E-state index in [0.717, 1.165) is 25.7 Å². The second kappa shape index (κ2) is 10.9. The Morgan fingerprint density at radius 3 is 1.35 bits per heavy atom. The van der Waals surface area contributed by atoms with E-state index >= 15 is 0 Å². The van der Waals surface area contributed by atoms with Crippen molar-refractivity contribution in [2.24, 2.45) is 0 Å². The van der Waals surface area contributed by atoms with E-state index in [1.54, 1.807) is 0 Å². The zero-order chi connectivity index (χ0) is 24.9. The number of nitrogens with one attached hydrogen (secondary N) is 2. The maximum Gasteiger partial charge on any atom is 0.240 e. The van der Waals surface area contributed by atoms with E-state index in [0.29, 0.717) is 12.8 Å². The minimum atomic E-state index is -3.86. The summed E-state index contributed by atoms with van der Waals surface area (Å²) in [5.74, 6) is -1.04. The highest BCUT2D eigenvalue weighted by molar-refractivity contribution is 7.89. The van der Waals surface area contributed by atoms with Gasteiger partial charge in [0.2, 0.25) is 20.0 Å². The third kappa shape index (κ3) is 5.63. The van der Waals surface area contributed by atoms with Gasteiger partial charge >= 0.3 is 0 Å². The highest BCUT2D eigenvalue weighted by Crippen LogP contribution is 2.30.